The fraction of sp³-hybridized carbons (Fsp3) is 0.286. The zero-order chi connectivity index (χ0) is 21.6. The first-order valence-electron chi connectivity index (χ1n) is 9.50. The molecule has 1 aliphatic heterocycles. The number of hydrogen-bond donors (Lipinski definition) is 2. The van der Waals surface area contributed by atoms with Crippen molar-refractivity contribution in [2.45, 2.75) is 11.4 Å². The van der Waals surface area contributed by atoms with Crippen LogP contribution in [-0.4, -0.2) is 47.2 Å². The molecule has 160 valence electrons. The molecule has 7 nitrogen and oxygen atoms in total. The maximum absolute atomic E-state index is 14.0. The average molecular weight is 434 g/mol. The van der Waals surface area contributed by atoms with Gasteiger partial charge in [0, 0.05) is 37.4 Å². The summed E-state index contributed by atoms with van der Waals surface area (Å²) >= 11 is 0. The van der Waals surface area contributed by atoms with Gasteiger partial charge in [0.2, 0.25) is 10.0 Å². The first kappa shape index (κ1) is 21.9. The number of anilines is 1. The number of nitrogens with zero attached hydrogens (tertiary/aromatic N) is 1. The van der Waals surface area contributed by atoms with E-state index in [9.17, 15) is 17.6 Å². The Balaban J connectivity index is 1.64. The number of carbonyl (C=O) groups is 1. The van der Waals surface area contributed by atoms with Gasteiger partial charge in [0.1, 0.15) is 10.7 Å². The second-order valence-corrected chi connectivity index (χ2v) is 8.47. The van der Waals surface area contributed by atoms with Crippen LogP contribution in [-0.2, 0) is 21.3 Å². The molecule has 0 bridgehead atoms. The topological polar surface area (TPSA) is 87.7 Å². The minimum absolute atomic E-state index is 0.0430. The number of sulfonamides is 1. The number of morpholine rings is 1. The second kappa shape index (κ2) is 9.84. The Labute approximate surface area is 175 Å². The van der Waals surface area contributed by atoms with Crippen LogP contribution >= 0.6 is 0 Å². The largest absolute Gasteiger partial charge is 0.378 e. The van der Waals surface area contributed by atoms with E-state index in [0.717, 1.165) is 36.5 Å². The molecule has 0 radical (unpaired) electrons. The number of amides is 1. The molecule has 1 saturated heterocycles. The van der Waals surface area contributed by atoms with Gasteiger partial charge < -0.3 is 15.0 Å². The summed E-state index contributed by atoms with van der Waals surface area (Å²) in [5.74, 6) is -1.42. The molecule has 1 fully saturated rings. The first-order valence-corrected chi connectivity index (χ1v) is 11.0. The van der Waals surface area contributed by atoms with Crippen molar-refractivity contribution >= 4 is 21.6 Å². The number of halogens is 1. The van der Waals surface area contributed by atoms with Crippen molar-refractivity contribution in [2.24, 2.45) is 0 Å². The van der Waals surface area contributed by atoms with Crippen molar-refractivity contribution in [1.82, 2.24) is 10.0 Å². The van der Waals surface area contributed by atoms with Crippen LogP contribution in [0.3, 0.4) is 0 Å². The maximum atomic E-state index is 14.0. The molecular formula is C21H24FN3O4S. The Morgan fingerprint density at radius 3 is 2.53 bits per heavy atom. The summed E-state index contributed by atoms with van der Waals surface area (Å²) in [5, 5.41) is 2.73. The number of carbonyl (C=O) groups excluding carboxylic acids is 1. The van der Waals surface area contributed by atoms with E-state index < -0.39 is 26.6 Å². The number of nitrogens with one attached hydrogen (secondary N) is 2. The molecule has 0 unspecified atom stereocenters. The zero-order valence-corrected chi connectivity index (χ0v) is 17.3. The molecule has 1 amide bonds. The van der Waals surface area contributed by atoms with Crippen molar-refractivity contribution in [1.29, 1.82) is 0 Å². The van der Waals surface area contributed by atoms with Crippen LogP contribution in [0.25, 0.3) is 0 Å². The quantitative estimate of drug-likeness (QED) is 0.623. The fourth-order valence-electron chi connectivity index (χ4n) is 3.03. The summed E-state index contributed by atoms with van der Waals surface area (Å²) < 4.78 is 45.9. The van der Waals surface area contributed by atoms with Gasteiger partial charge in [0.05, 0.1) is 13.2 Å². The minimum Gasteiger partial charge on any atom is -0.378 e. The van der Waals surface area contributed by atoms with E-state index in [1.807, 2.05) is 24.3 Å². The van der Waals surface area contributed by atoms with Crippen LogP contribution < -0.4 is 14.9 Å². The van der Waals surface area contributed by atoms with Crippen molar-refractivity contribution in [3.05, 3.63) is 72.1 Å². The summed E-state index contributed by atoms with van der Waals surface area (Å²) in [5.41, 5.74) is 2.04. The molecular weight excluding hydrogens is 409 g/mol. The molecule has 0 aromatic heterocycles. The molecule has 0 spiro atoms. The SMILES string of the molecule is C=CCNS(=O)(=O)c1cc(C(=O)NCc2ccc(N3CCOCC3)cc2)ccc1F. The Kier molecular flexibility index (Phi) is 7.20. The van der Waals surface area contributed by atoms with E-state index in [0.29, 0.717) is 13.2 Å². The summed E-state index contributed by atoms with van der Waals surface area (Å²) in [4.78, 5) is 14.1. The van der Waals surface area contributed by atoms with Crippen LogP contribution in [0.1, 0.15) is 15.9 Å². The van der Waals surface area contributed by atoms with Gasteiger partial charge in [-0.05, 0) is 35.9 Å². The lowest BCUT2D eigenvalue weighted by Gasteiger charge is -2.28. The Morgan fingerprint density at radius 1 is 1.17 bits per heavy atom. The monoisotopic (exact) mass is 433 g/mol. The van der Waals surface area contributed by atoms with E-state index >= 15 is 0 Å². The highest BCUT2D eigenvalue weighted by Crippen LogP contribution is 2.18. The van der Waals surface area contributed by atoms with Crippen molar-refractivity contribution in [2.75, 3.05) is 37.7 Å². The number of benzene rings is 2. The van der Waals surface area contributed by atoms with Crippen LogP contribution in [0.5, 0.6) is 0 Å². The molecule has 1 aliphatic rings. The number of rotatable bonds is 8. The molecule has 2 N–H and O–H groups in total. The summed E-state index contributed by atoms with van der Waals surface area (Å²) in [6.45, 7) is 6.73. The van der Waals surface area contributed by atoms with Gasteiger partial charge in [-0.25, -0.2) is 17.5 Å². The predicted octanol–water partition coefficient (Wildman–Crippen LogP) is 2.06. The second-order valence-electron chi connectivity index (χ2n) is 6.73. The minimum atomic E-state index is -4.08. The lowest BCUT2D eigenvalue weighted by molar-refractivity contribution is 0.0950. The van der Waals surface area contributed by atoms with Gasteiger partial charge in [-0.15, -0.1) is 6.58 Å². The molecule has 9 heteroatoms. The highest BCUT2D eigenvalue weighted by molar-refractivity contribution is 7.89. The normalized spacial score (nSPS) is 14.4. The zero-order valence-electron chi connectivity index (χ0n) is 16.4. The summed E-state index contributed by atoms with van der Waals surface area (Å²) in [6, 6.07) is 11.1. The highest BCUT2D eigenvalue weighted by Gasteiger charge is 2.20. The molecule has 0 atom stereocenters. The molecule has 3 rings (SSSR count). The maximum Gasteiger partial charge on any atom is 0.251 e. The lowest BCUT2D eigenvalue weighted by atomic mass is 10.1. The first-order chi connectivity index (χ1) is 14.4. The Hall–Kier alpha value is -2.75. The third kappa shape index (κ3) is 5.44. The molecule has 1 heterocycles. The predicted molar refractivity (Wildman–Crippen MR) is 112 cm³/mol. The number of ether oxygens (including phenoxy) is 1. The van der Waals surface area contributed by atoms with Gasteiger partial charge in [-0.1, -0.05) is 18.2 Å². The molecule has 30 heavy (non-hydrogen) atoms. The van der Waals surface area contributed by atoms with Gasteiger partial charge in [-0.3, -0.25) is 4.79 Å². The van der Waals surface area contributed by atoms with Crippen molar-refractivity contribution < 1.29 is 22.3 Å². The smallest absolute Gasteiger partial charge is 0.251 e. The van der Waals surface area contributed by atoms with Crippen LogP contribution in [0.4, 0.5) is 10.1 Å². The lowest BCUT2D eigenvalue weighted by Crippen LogP contribution is -2.36. The number of hydrogen-bond acceptors (Lipinski definition) is 5. The average Bonchev–Trinajstić information content (AvgIpc) is 2.77. The summed E-state index contributed by atoms with van der Waals surface area (Å²) in [7, 11) is -4.08. The van der Waals surface area contributed by atoms with Crippen LogP contribution in [0.15, 0.2) is 60.0 Å². The van der Waals surface area contributed by atoms with Gasteiger partial charge in [0.25, 0.3) is 5.91 Å². The van der Waals surface area contributed by atoms with Crippen LogP contribution in [0.2, 0.25) is 0 Å². The van der Waals surface area contributed by atoms with E-state index in [1.165, 1.54) is 12.1 Å². The Morgan fingerprint density at radius 2 is 1.87 bits per heavy atom. The third-order valence-electron chi connectivity index (χ3n) is 4.67. The van der Waals surface area contributed by atoms with Crippen molar-refractivity contribution in [3.63, 3.8) is 0 Å². The Bertz CT molecular complexity index is 1000. The summed E-state index contributed by atoms with van der Waals surface area (Å²) in [6.07, 6.45) is 1.34. The van der Waals surface area contributed by atoms with E-state index in [1.54, 1.807) is 0 Å². The van der Waals surface area contributed by atoms with Crippen LogP contribution in [0, 0.1) is 5.82 Å². The van der Waals surface area contributed by atoms with E-state index in [4.69, 9.17) is 4.74 Å². The molecule has 2 aromatic carbocycles. The van der Waals surface area contributed by atoms with Gasteiger partial charge in [-0.2, -0.15) is 0 Å². The van der Waals surface area contributed by atoms with E-state index in [2.05, 4.69) is 21.5 Å². The highest BCUT2D eigenvalue weighted by atomic mass is 32.2. The van der Waals surface area contributed by atoms with Gasteiger partial charge in [0.15, 0.2) is 0 Å². The molecule has 2 aromatic rings. The van der Waals surface area contributed by atoms with Gasteiger partial charge >= 0.3 is 0 Å². The molecule has 0 aliphatic carbocycles. The fourth-order valence-corrected chi connectivity index (χ4v) is 4.13. The van der Waals surface area contributed by atoms with Crippen molar-refractivity contribution in [3.8, 4) is 0 Å². The third-order valence-corrected chi connectivity index (χ3v) is 6.10. The standard InChI is InChI=1S/C21H24FN3O4S/c1-2-9-24-30(27,28)20-14-17(5-8-19(20)22)21(26)23-15-16-3-6-18(7-4-16)25-10-12-29-13-11-25/h2-8,14,24H,1,9-13,15H2,(H,23,26). The molecule has 0 saturated carbocycles. The van der Waals surface area contributed by atoms with E-state index in [-0.39, 0.29) is 18.7 Å².